The first-order valence-electron chi connectivity index (χ1n) is 14.7. The number of rotatable bonds is 3. The van der Waals surface area contributed by atoms with Gasteiger partial charge in [-0.15, -0.1) is 13.2 Å². The second kappa shape index (κ2) is 10.3. The molecular weight excluding hydrogens is 603 g/mol. The molecule has 2 aromatic heterocycles. The van der Waals surface area contributed by atoms with E-state index >= 15 is 4.39 Å². The number of aryl methyl sites for hydroxylation is 2. The van der Waals surface area contributed by atoms with Crippen LogP contribution >= 0.6 is 0 Å². The van der Waals surface area contributed by atoms with Crippen LogP contribution < -0.4 is 25.4 Å². The highest BCUT2D eigenvalue weighted by Crippen LogP contribution is 2.48. The summed E-state index contributed by atoms with van der Waals surface area (Å²) in [5, 5.41) is 3.80. The largest absolute Gasteiger partial charge is 0.573 e. The van der Waals surface area contributed by atoms with E-state index in [9.17, 15) is 22.4 Å². The number of ether oxygens (including phenoxy) is 3. The van der Waals surface area contributed by atoms with Crippen molar-refractivity contribution in [2.75, 3.05) is 43.5 Å². The second-order valence-electron chi connectivity index (χ2n) is 12.1. The van der Waals surface area contributed by atoms with E-state index in [1.165, 1.54) is 0 Å². The monoisotopic (exact) mass is 634 g/mol. The number of piperazine rings is 1. The van der Waals surface area contributed by atoms with E-state index in [0.717, 1.165) is 6.07 Å². The van der Waals surface area contributed by atoms with Crippen molar-refractivity contribution >= 4 is 28.2 Å². The van der Waals surface area contributed by atoms with E-state index < -0.39 is 46.6 Å². The lowest BCUT2D eigenvalue weighted by Gasteiger charge is -2.48. The number of halogens is 5. The SMILES string of the molecule is Cc1nc2c3c(nc(-c4cc(N)cc(F)c4OC(F)(F)F)c(F)c3c1C)OC(C)C1C3CCC(C(=O)N4CCOCC4)(CN21)N3. The number of pyridine rings is 2. The van der Waals surface area contributed by atoms with Crippen molar-refractivity contribution in [1.82, 2.24) is 20.2 Å². The van der Waals surface area contributed by atoms with Gasteiger partial charge in [0.2, 0.25) is 11.8 Å². The van der Waals surface area contributed by atoms with E-state index in [1.807, 2.05) is 11.8 Å². The van der Waals surface area contributed by atoms with Crippen LogP contribution in [-0.4, -0.2) is 83.7 Å². The van der Waals surface area contributed by atoms with Crippen LogP contribution in [-0.2, 0) is 9.53 Å². The Morgan fingerprint density at radius 2 is 1.89 bits per heavy atom. The molecule has 4 aliphatic rings. The number of nitrogen functional groups attached to an aromatic ring is 1. The number of nitrogens with one attached hydrogen (secondary N) is 1. The summed E-state index contributed by atoms with van der Waals surface area (Å²) < 4.78 is 87.4. The zero-order chi connectivity index (χ0) is 32.0. The number of alkyl halides is 3. The van der Waals surface area contributed by atoms with Gasteiger partial charge in [0.15, 0.2) is 17.4 Å². The predicted octanol–water partition coefficient (Wildman–Crippen LogP) is 3.99. The molecule has 10 nitrogen and oxygen atoms in total. The van der Waals surface area contributed by atoms with Gasteiger partial charge in [-0.2, -0.15) is 0 Å². The fourth-order valence-electron chi connectivity index (χ4n) is 7.31. The number of benzene rings is 1. The minimum atomic E-state index is -5.27. The lowest BCUT2D eigenvalue weighted by Crippen LogP contribution is -2.72. The Bertz CT molecular complexity index is 1730. The molecule has 3 fully saturated rings. The highest BCUT2D eigenvalue weighted by molar-refractivity contribution is 6.02. The molecule has 45 heavy (non-hydrogen) atoms. The third-order valence-electron chi connectivity index (χ3n) is 9.37. The summed E-state index contributed by atoms with van der Waals surface area (Å²) in [6.07, 6.45) is -4.60. The minimum Gasteiger partial charge on any atom is -0.472 e. The number of nitrogens with two attached hydrogens (primary N) is 1. The number of hydrogen-bond acceptors (Lipinski definition) is 9. The number of amides is 1. The number of morpholine rings is 1. The molecule has 0 aliphatic carbocycles. The molecule has 0 saturated carbocycles. The van der Waals surface area contributed by atoms with Crippen LogP contribution in [0.15, 0.2) is 12.1 Å². The van der Waals surface area contributed by atoms with Crippen LogP contribution in [0.4, 0.5) is 33.5 Å². The zero-order valence-corrected chi connectivity index (χ0v) is 24.7. The van der Waals surface area contributed by atoms with Crippen molar-refractivity contribution in [2.45, 2.75) is 63.7 Å². The molecule has 1 amide bonds. The van der Waals surface area contributed by atoms with Gasteiger partial charge in [-0.3, -0.25) is 10.1 Å². The van der Waals surface area contributed by atoms with Gasteiger partial charge in [-0.25, -0.2) is 18.7 Å². The third kappa shape index (κ3) is 4.69. The molecule has 15 heteroatoms. The van der Waals surface area contributed by atoms with Crippen LogP contribution in [0.1, 0.15) is 31.0 Å². The molecule has 6 heterocycles. The molecule has 1 aromatic carbocycles. The highest BCUT2D eigenvalue weighted by Gasteiger charge is 2.57. The lowest BCUT2D eigenvalue weighted by atomic mass is 9.92. The number of hydrogen-bond donors (Lipinski definition) is 2. The molecule has 4 unspecified atom stereocenters. The van der Waals surface area contributed by atoms with Crippen molar-refractivity contribution in [3.8, 4) is 22.9 Å². The summed E-state index contributed by atoms with van der Waals surface area (Å²) in [7, 11) is 0. The van der Waals surface area contributed by atoms with Crippen LogP contribution in [0.3, 0.4) is 0 Å². The Morgan fingerprint density at radius 1 is 1.16 bits per heavy atom. The van der Waals surface area contributed by atoms with E-state index in [1.54, 1.807) is 18.7 Å². The standard InChI is InChI=1S/C30H31F5N6O4/c1-13-14(2)37-26-21-20(13)22(32)23(17-10-16(36)11-18(31)25(17)45-30(33,34)35)38-27(21)44-15(3)24-19-4-5-29(39-19,12-41(24)26)28(42)40-6-8-43-9-7-40/h10-11,15,19,24,39H,4-9,12,36H2,1-3H3. The zero-order valence-electron chi connectivity index (χ0n) is 24.7. The van der Waals surface area contributed by atoms with Gasteiger partial charge in [0.05, 0.1) is 30.2 Å². The van der Waals surface area contributed by atoms with Gasteiger partial charge >= 0.3 is 6.36 Å². The van der Waals surface area contributed by atoms with Crippen molar-refractivity contribution in [3.05, 3.63) is 35.0 Å². The first-order valence-corrected chi connectivity index (χ1v) is 14.7. The Hall–Kier alpha value is -3.98. The smallest absolute Gasteiger partial charge is 0.472 e. The summed E-state index contributed by atoms with van der Waals surface area (Å²) >= 11 is 0. The molecule has 0 radical (unpaired) electrons. The molecule has 3 aromatic rings. The van der Waals surface area contributed by atoms with E-state index in [4.69, 9.17) is 20.2 Å². The Kier molecular flexibility index (Phi) is 6.78. The molecule has 4 aliphatic heterocycles. The molecular formula is C30H31F5N6O4. The van der Waals surface area contributed by atoms with Gasteiger partial charge in [-0.05, 0) is 45.2 Å². The van der Waals surface area contributed by atoms with Gasteiger partial charge in [0.1, 0.15) is 23.2 Å². The van der Waals surface area contributed by atoms with E-state index in [2.05, 4.69) is 15.0 Å². The van der Waals surface area contributed by atoms with Crippen molar-refractivity contribution in [2.24, 2.45) is 0 Å². The first kappa shape index (κ1) is 29.7. The maximum Gasteiger partial charge on any atom is 0.573 e. The first-order chi connectivity index (χ1) is 21.3. The molecule has 0 spiro atoms. The Labute approximate surface area is 254 Å². The number of carbonyl (C=O) groups excluding carboxylic acids is 1. The number of carbonyl (C=O) groups is 1. The normalized spacial score (nSPS) is 26.0. The summed E-state index contributed by atoms with van der Waals surface area (Å²) in [5.74, 6) is -3.47. The topological polar surface area (TPSA) is 115 Å². The number of aromatic nitrogens is 2. The van der Waals surface area contributed by atoms with Crippen molar-refractivity contribution in [3.63, 3.8) is 0 Å². The minimum absolute atomic E-state index is 0.00516. The van der Waals surface area contributed by atoms with Gasteiger partial charge < -0.3 is 29.7 Å². The van der Waals surface area contributed by atoms with Crippen molar-refractivity contribution in [1.29, 1.82) is 0 Å². The molecule has 7 rings (SSSR count). The second-order valence-corrected chi connectivity index (χ2v) is 12.1. The van der Waals surface area contributed by atoms with Crippen LogP contribution in [0.25, 0.3) is 22.0 Å². The summed E-state index contributed by atoms with van der Waals surface area (Å²) in [4.78, 5) is 27.0. The number of anilines is 2. The van der Waals surface area contributed by atoms with Crippen LogP contribution in [0.2, 0.25) is 0 Å². The number of nitrogens with zero attached hydrogens (tertiary/aromatic N) is 4. The molecule has 240 valence electrons. The molecule has 4 atom stereocenters. The van der Waals surface area contributed by atoms with Gasteiger partial charge in [-0.1, -0.05) is 0 Å². The van der Waals surface area contributed by atoms with Gasteiger partial charge in [0.25, 0.3) is 0 Å². The van der Waals surface area contributed by atoms with Crippen molar-refractivity contribution < 1.29 is 41.0 Å². The quantitative estimate of drug-likeness (QED) is 0.326. The molecule has 2 bridgehead atoms. The summed E-state index contributed by atoms with van der Waals surface area (Å²) in [5.41, 5.74) is 4.23. The Morgan fingerprint density at radius 3 is 2.60 bits per heavy atom. The lowest BCUT2D eigenvalue weighted by molar-refractivity contribution is -0.275. The average Bonchev–Trinajstić information content (AvgIpc) is 3.28. The van der Waals surface area contributed by atoms with Gasteiger partial charge in [0, 0.05) is 48.5 Å². The highest BCUT2D eigenvalue weighted by atomic mass is 19.4. The maximum absolute atomic E-state index is 16.7. The van der Waals surface area contributed by atoms with E-state index in [-0.39, 0.29) is 46.9 Å². The third-order valence-corrected chi connectivity index (χ3v) is 9.37. The molecule has 3 N–H and O–H groups in total. The number of fused-ring (bicyclic) bond motifs is 5. The maximum atomic E-state index is 16.7. The van der Waals surface area contributed by atoms with Crippen LogP contribution in [0.5, 0.6) is 11.6 Å². The van der Waals surface area contributed by atoms with Crippen LogP contribution in [0, 0.1) is 25.5 Å². The van der Waals surface area contributed by atoms with E-state index in [0.29, 0.717) is 62.3 Å². The Balaban J connectivity index is 1.42. The average molecular weight is 635 g/mol. The fraction of sp³-hybridized carbons (Fsp3) is 0.500. The summed E-state index contributed by atoms with van der Waals surface area (Å²) in [6.45, 7) is 7.23. The fourth-order valence-corrected chi connectivity index (χ4v) is 7.31. The summed E-state index contributed by atoms with van der Waals surface area (Å²) in [6, 6.07) is 1.10. The molecule has 3 saturated heterocycles. The predicted molar refractivity (Wildman–Crippen MR) is 153 cm³/mol.